The topological polar surface area (TPSA) is 55.1 Å². The van der Waals surface area contributed by atoms with Crippen molar-refractivity contribution < 1.29 is 23.1 Å². The van der Waals surface area contributed by atoms with Gasteiger partial charge in [0.25, 0.3) is 0 Å². The fourth-order valence-electron chi connectivity index (χ4n) is 1.35. The number of aliphatic carboxylic acids is 1. The van der Waals surface area contributed by atoms with E-state index in [1.165, 1.54) is 20.8 Å². The maximum Gasteiger partial charge on any atom is 0.435 e. The second-order valence-corrected chi connectivity index (χ2v) is 3.52. The van der Waals surface area contributed by atoms with Gasteiger partial charge in [0.1, 0.15) is 6.04 Å². The highest BCUT2D eigenvalue weighted by Gasteiger charge is 2.38. The average molecular weight is 236 g/mol. The van der Waals surface area contributed by atoms with E-state index in [1.807, 2.05) is 0 Å². The van der Waals surface area contributed by atoms with E-state index in [-0.39, 0.29) is 11.3 Å². The molecule has 1 aromatic heterocycles. The lowest BCUT2D eigenvalue weighted by atomic mass is 10.2. The highest BCUT2D eigenvalue weighted by atomic mass is 19.4. The smallest absolute Gasteiger partial charge is 0.435 e. The van der Waals surface area contributed by atoms with Gasteiger partial charge in [-0.1, -0.05) is 0 Å². The fraction of sp³-hybridized carbons (Fsp3) is 0.556. The highest BCUT2D eigenvalue weighted by Crippen LogP contribution is 2.32. The zero-order valence-corrected chi connectivity index (χ0v) is 8.96. The third-order valence-electron chi connectivity index (χ3n) is 2.44. The maximum absolute atomic E-state index is 12.5. The summed E-state index contributed by atoms with van der Waals surface area (Å²) in [5.41, 5.74) is -0.860. The van der Waals surface area contributed by atoms with Crippen LogP contribution in [-0.4, -0.2) is 20.9 Å². The van der Waals surface area contributed by atoms with Crippen LogP contribution in [0.25, 0.3) is 0 Å². The van der Waals surface area contributed by atoms with Crippen molar-refractivity contribution in [3.05, 3.63) is 17.0 Å². The molecule has 0 saturated carbocycles. The van der Waals surface area contributed by atoms with Crippen molar-refractivity contribution in [2.75, 3.05) is 0 Å². The number of carbonyl (C=O) groups is 1. The molecule has 0 aromatic carbocycles. The first-order valence-electron chi connectivity index (χ1n) is 4.52. The summed E-state index contributed by atoms with van der Waals surface area (Å²) in [7, 11) is 0. The van der Waals surface area contributed by atoms with Crippen molar-refractivity contribution in [3.8, 4) is 0 Å². The van der Waals surface area contributed by atoms with Gasteiger partial charge in [-0.2, -0.15) is 18.3 Å². The number of nitrogens with zero attached hydrogens (tertiary/aromatic N) is 2. The van der Waals surface area contributed by atoms with Crippen LogP contribution < -0.4 is 0 Å². The van der Waals surface area contributed by atoms with Crippen LogP contribution in [0, 0.1) is 13.8 Å². The Balaban J connectivity index is 3.30. The molecule has 0 radical (unpaired) electrons. The van der Waals surface area contributed by atoms with E-state index in [2.05, 4.69) is 5.10 Å². The van der Waals surface area contributed by atoms with Gasteiger partial charge in [-0.3, -0.25) is 4.68 Å². The van der Waals surface area contributed by atoms with Gasteiger partial charge in [0, 0.05) is 11.3 Å². The van der Waals surface area contributed by atoms with E-state index in [9.17, 15) is 18.0 Å². The first-order valence-corrected chi connectivity index (χ1v) is 4.52. The van der Waals surface area contributed by atoms with Gasteiger partial charge in [-0.25, -0.2) is 4.79 Å². The molecule has 0 amide bonds. The monoisotopic (exact) mass is 236 g/mol. The van der Waals surface area contributed by atoms with Crippen LogP contribution in [0.1, 0.15) is 29.9 Å². The summed E-state index contributed by atoms with van der Waals surface area (Å²) in [5.74, 6) is -1.22. The number of hydrogen-bond acceptors (Lipinski definition) is 2. The van der Waals surface area contributed by atoms with Crippen molar-refractivity contribution in [1.29, 1.82) is 0 Å². The number of alkyl halides is 3. The molecule has 90 valence electrons. The largest absolute Gasteiger partial charge is 0.480 e. The Morgan fingerprint density at radius 1 is 1.44 bits per heavy atom. The lowest BCUT2D eigenvalue weighted by Gasteiger charge is -2.08. The van der Waals surface area contributed by atoms with Crippen LogP contribution >= 0.6 is 0 Å². The van der Waals surface area contributed by atoms with Crippen LogP contribution in [0.15, 0.2) is 0 Å². The number of rotatable bonds is 2. The zero-order chi connectivity index (χ0) is 12.7. The SMILES string of the molecule is Cc1c(C(F)(F)F)nn(C(C)C(=O)O)c1C. The summed E-state index contributed by atoms with van der Waals surface area (Å²) in [6.07, 6.45) is -4.56. The number of hydrogen-bond donors (Lipinski definition) is 1. The van der Waals surface area contributed by atoms with Crippen molar-refractivity contribution in [2.45, 2.75) is 33.0 Å². The molecular weight excluding hydrogens is 225 g/mol. The van der Waals surface area contributed by atoms with Crippen LogP contribution in [0.2, 0.25) is 0 Å². The summed E-state index contributed by atoms with van der Waals surface area (Å²) in [6, 6.07) is -1.12. The Kier molecular flexibility index (Phi) is 2.98. The molecule has 1 heterocycles. The first kappa shape index (κ1) is 12.5. The van der Waals surface area contributed by atoms with E-state index in [0.29, 0.717) is 0 Å². The molecule has 1 N–H and O–H groups in total. The summed E-state index contributed by atoms with van der Waals surface area (Å²) >= 11 is 0. The van der Waals surface area contributed by atoms with E-state index >= 15 is 0 Å². The van der Waals surface area contributed by atoms with Gasteiger partial charge < -0.3 is 5.11 Å². The average Bonchev–Trinajstić information content (AvgIpc) is 2.42. The molecule has 0 aliphatic carbocycles. The maximum atomic E-state index is 12.5. The first-order chi connectivity index (χ1) is 7.16. The summed E-state index contributed by atoms with van der Waals surface area (Å²) in [4.78, 5) is 10.7. The minimum Gasteiger partial charge on any atom is -0.480 e. The summed E-state index contributed by atoms with van der Waals surface area (Å²) < 4.78 is 38.3. The molecule has 1 atom stereocenters. The molecule has 4 nitrogen and oxygen atoms in total. The lowest BCUT2D eigenvalue weighted by Crippen LogP contribution is -2.18. The third kappa shape index (κ3) is 2.02. The number of carboxylic acid groups (broad SMARTS) is 1. The van der Waals surface area contributed by atoms with Gasteiger partial charge in [0.05, 0.1) is 0 Å². The molecule has 0 aliphatic heterocycles. The number of aromatic nitrogens is 2. The predicted molar refractivity (Wildman–Crippen MR) is 49.0 cm³/mol. The number of halogens is 3. The molecule has 1 aromatic rings. The Labute approximate surface area is 89.7 Å². The van der Waals surface area contributed by atoms with E-state index < -0.39 is 23.9 Å². The molecule has 0 aliphatic rings. The molecule has 1 unspecified atom stereocenters. The molecule has 0 spiro atoms. The Bertz CT molecular complexity index is 423. The zero-order valence-electron chi connectivity index (χ0n) is 8.96. The van der Waals surface area contributed by atoms with E-state index in [4.69, 9.17) is 5.11 Å². The highest BCUT2D eigenvalue weighted by molar-refractivity contribution is 5.71. The molecule has 7 heteroatoms. The Hall–Kier alpha value is -1.53. The minimum atomic E-state index is -4.56. The van der Waals surface area contributed by atoms with Gasteiger partial charge in [-0.15, -0.1) is 0 Å². The molecule has 0 fully saturated rings. The fourth-order valence-corrected chi connectivity index (χ4v) is 1.35. The van der Waals surface area contributed by atoms with Gasteiger partial charge in [-0.05, 0) is 20.8 Å². The molecule has 16 heavy (non-hydrogen) atoms. The van der Waals surface area contributed by atoms with Crippen molar-refractivity contribution in [3.63, 3.8) is 0 Å². The second kappa shape index (κ2) is 3.80. The van der Waals surface area contributed by atoms with Crippen molar-refractivity contribution >= 4 is 5.97 Å². The van der Waals surface area contributed by atoms with Crippen LogP contribution in [-0.2, 0) is 11.0 Å². The number of carboxylic acids is 1. The standard InChI is InChI=1S/C9H11F3N2O2/c1-4-5(2)14(6(3)8(15)16)13-7(4)9(10,11)12/h6H,1-3H3,(H,15,16). The van der Waals surface area contributed by atoms with Crippen LogP contribution in [0.4, 0.5) is 13.2 Å². The molecular formula is C9H11F3N2O2. The quantitative estimate of drug-likeness (QED) is 0.856. The van der Waals surface area contributed by atoms with Crippen molar-refractivity contribution in [2.24, 2.45) is 0 Å². The van der Waals surface area contributed by atoms with Gasteiger partial charge in [0.2, 0.25) is 0 Å². The van der Waals surface area contributed by atoms with Crippen LogP contribution in [0.5, 0.6) is 0 Å². The molecule has 0 bridgehead atoms. The lowest BCUT2D eigenvalue weighted by molar-refractivity contribution is -0.144. The van der Waals surface area contributed by atoms with Crippen molar-refractivity contribution in [1.82, 2.24) is 9.78 Å². The van der Waals surface area contributed by atoms with Crippen LogP contribution in [0.3, 0.4) is 0 Å². The molecule has 1 rings (SSSR count). The summed E-state index contributed by atoms with van der Waals surface area (Å²) in [6.45, 7) is 3.97. The molecule has 0 saturated heterocycles. The summed E-state index contributed by atoms with van der Waals surface area (Å²) in [5, 5.41) is 12.0. The van der Waals surface area contributed by atoms with E-state index in [1.54, 1.807) is 0 Å². The third-order valence-corrected chi connectivity index (χ3v) is 2.44. The van der Waals surface area contributed by atoms with E-state index in [0.717, 1.165) is 4.68 Å². The second-order valence-electron chi connectivity index (χ2n) is 3.52. The van der Waals surface area contributed by atoms with Gasteiger partial charge >= 0.3 is 12.1 Å². The minimum absolute atomic E-state index is 0.0411. The predicted octanol–water partition coefficient (Wildman–Crippen LogP) is 2.16. The Morgan fingerprint density at radius 2 is 1.94 bits per heavy atom. The normalized spacial score (nSPS) is 13.9. The Morgan fingerprint density at radius 3 is 2.25 bits per heavy atom. The van der Waals surface area contributed by atoms with Gasteiger partial charge in [0.15, 0.2) is 5.69 Å².